The van der Waals surface area contributed by atoms with Crippen LogP contribution in [0.1, 0.15) is 50.4 Å². The number of nitrogens with zero attached hydrogens (tertiary/aromatic N) is 1. The first kappa shape index (κ1) is 16.9. The van der Waals surface area contributed by atoms with Crippen molar-refractivity contribution in [2.75, 3.05) is 6.54 Å². The van der Waals surface area contributed by atoms with Crippen molar-refractivity contribution in [2.24, 2.45) is 5.92 Å². The summed E-state index contributed by atoms with van der Waals surface area (Å²) in [7, 11) is 0. The molecule has 2 amide bonds. The summed E-state index contributed by atoms with van der Waals surface area (Å²) in [4.78, 5) is 16.2. The second-order valence-corrected chi connectivity index (χ2v) is 5.98. The smallest absolute Gasteiger partial charge is 0.315 e. The molecule has 0 aliphatic heterocycles. The molecule has 5 nitrogen and oxygen atoms in total. The number of thiazole rings is 1. The number of hydrogen-bond donors (Lipinski definition) is 3. The minimum atomic E-state index is -0.507. The molecular weight excluding hydrogens is 274 g/mol. The maximum absolute atomic E-state index is 11.9. The summed E-state index contributed by atoms with van der Waals surface area (Å²) in [6.45, 7) is 8.21. The Hall–Kier alpha value is -1.14. The molecule has 3 atom stereocenters. The van der Waals surface area contributed by atoms with Crippen LogP contribution in [0.15, 0.2) is 5.38 Å². The topological polar surface area (TPSA) is 74.2 Å². The molecule has 114 valence electrons. The number of amides is 2. The summed E-state index contributed by atoms with van der Waals surface area (Å²) >= 11 is 1.55. The van der Waals surface area contributed by atoms with E-state index in [1.807, 2.05) is 33.1 Å². The van der Waals surface area contributed by atoms with Crippen LogP contribution in [0, 0.1) is 12.8 Å². The molecule has 1 aromatic rings. The fourth-order valence-corrected chi connectivity index (χ4v) is 2.68. The Bertz CT molecular complexity index is 422. The van der Waals surface area contributed by atoms with E-state index in [0.717, 1.165) is 23.5 Å². The molecule has 0 aromatic carbocycles. The summed E-state index contributed by atoms with van der Waals surface area (Å²) in [5, 5.41) is 18.3. The van der Waals surface area contributed by atoms with Gasteiger partial charge in [-0.25, -0.2) is 9.78 Å². The van der Waals surface area contributed by atoms with Crippen molar-refractivity contribution in [3.63, 3.8) is 0 Å². The minimum absolute atomic E-state index is 0.0746. The van der Waals surface area contributed by atoms with Crippen LogP contribution < -0.4 is 10.6 Å². The Balaban J connectivity index is 2.44. The van der Waals surface area contributed by atoms with E-state index in [2.05, 4.69) is 15.6 Å². The van der Waals surface area contributed by atoms with E-state index in [4.69, 9.17) is 0 Å². The number of aliphatic hydroxyl groups excluding tert-OH is 1. The van der Waals surface area contributed by atoms with Gasteiger partial charge in [-0.1, -0.05) is 27.2 Å². The molecule has 6 heteroatoms. The first-order valence-electron chi connectivity index (χ1n) is 7.12. The van der Waals surface area contributed by atoms with Crippen LogP contribution in [0.3, 0.4) is 0 Å². The van der Waals surface area contributed by atoms with Crippen molar-refractivity contribution < 1.29 is 9.90 Å². The Labute approximate surface area is 124 Å². The van der Waals surface area contributed by atoms with Crippen molar-refractivity contribution in [3.05, 3.63) is 16.1 Å². The molecule has 3 unspecified atom stereocenters. The van der Waals surface area contributed by atoms with Gasteiger partial charge in [0.1, 0.15) is 5.01 Å². The van der Waals surface area contributed by atoms with Gasteiger partial charge in [0, 0.05) is 17.6 Å². The minimum Gasteiger partial charge on any atom is -0.391 e. The van der Waals surface area contributed by atoms with Crippen LogP contribution >= 0.6 is 11.3 Å². The van der Waals surface area contributed by atoms with Gasteiger partial charge in [0.05, 0.1) is 12.1 Å². The molecule has 20 heavy (non-hydrogen) atoms. The molecule has 0 bridgehead atoms. The Morgan fingerprint density at radius 1 is 1.45 bits per heavy atom. The lowest BCUT2D eigenvalue weighted by molar-refractivity contribution is 0.114. The summed E-state index contributed by atoms with van der Waals surface area (Å²) in [6.07, 6.45) is 1.17. The van der Waals surface area contributed by atoms with Crippen molar-refractivity contribution in [3.8, 4) is 0 Å². The van der Waals surface area contributed by atoms with E-state index >= 15 is 0 Å². The fourth-order valence-electron chi connectivity index (χ4n) is 1.75. The lowest BCUT2D eigenvalue weighted by atomic mass is 10.0. The Morgan fingerprint density at radius 2 is 2.15 bits per heavy atom. The number of aromatic nitrogens is 1. The highest BCUT2D eigenvalue weighted by molar-refractivity contribution is 7.09. The molecule has 1 heterocycles. The number of rotatable bonds is 7. The first-order chi connectivity index (χ1) is 9.47. The van der Waals surface area contributed by atoms with Crippen molar-refractivity contribution in [1.29, 1.82) is 0 Å². The van der Waals surface area contributed by atoms with Crippen molar-refractivity contribution >= 4 is 17.4 Å². The van der Waals surface area contributed by atoms with Gasteiger partial charge in [-0.05, 0) is 19.3 Å². The van der Waals surface area contributed by atoms with Crippen LogP contribution in [0.25, 0.3) is 0 Å². The molecule has 0 saturated heterocycles. The zero-order valence-corrected chi connectivity index (χ0v) is 13.5. The molecule has 1 rings (SSSR count). The van der Waals surface area contributed by atoms with E-state index in [-0.39, 0.29) is 24.5 Å². The highest BCUT2D eigenvalue weighted by Gasteiger charge is 2.17. The molecule has 3 N–H and O–H groups in total. The Kier molecular flexibility index (Phi) is 6.95. The van der Waals surface area contributed by atoms with Crippen molar-refractivity contribution in [1.82, 2.24) is 15.6 Å². The monoisotopic (exact) mass is 299 g/mol. The predicted octanol–water partition coefficient (Wildman–Crippen LogP) is 2.61. The van der Waals surface area contributed by atoms with Gasteiger partial charge in [0.2, 0.25) is 0 Å². The predicted molar refractivity (Wildman–Crippen MR) is 81.9 cm³/mol. The summed E-state index contributed by atoms with van der Waals surface area (Å²) in [6, 6.07) is -0.332. The number of urea groups is 1. The van der Waals surface area contributed by atoms with Crippen LogP contribution in [0.2, 0.25) is 0 Å². The largest absolute Gasteiger partial charge is 0.391 e. The van der Waals surface area contributed by atoms with E-state index in [1.54, 1.807) is 11.3 Å². The van der Waals surface area contributed by atoms with E-state index in [1.165, 1.54) is 0 Å². The number of nitrogens with one attached hydrogen (secondary N) is 2. The molecular formula is C14H25N3O2S. The standard InChI is InChI=1S/C14H25N3O2S/c1-5-9(3)12(18)7-15-14(19)17-11(6-2)13-16-10(4)8-20-13/h8-9,11-12,18H,5-7H2,1-4H3,(H2,15,17,19). The molecule has 0 fully saturated rings. The molecule has 0 aliphatic carbocycles. The lowest BCUT2D eigenvalue weighted by Gasteiger charge is -2.19. The maximum Gasteiger partial charge on any atom is 0.315 e. The maximum atomic E-state index is 11.9. The van der Waals surface area contributed by atoms with Crippen molar-refractivity contribution in [2.45, 2.75) is 52.7 Å². The quantitative estimate of drug-likeness (QED) is 0.724. The van der Waals surface area contributed by atoms with Gasteiger partial charge in [0.15, 0.2) is 0 Å². The third kappa shape index (κ3) is 5.09. The van der Waals surface area contributed by atoms with Gasteiger partial charge in [-0.3, -0.25) is 0 Å². The zero-order valence-electron chi connectivity index (χ0n) is 12.6. The number of carbonyl (C=O) groups excluding carboxylic acids is 1. The number of hydrogen-bond acceptors (Lipinski definition) is 4. The van der Waals surface area contributed by atoms with E-state index in [0.29, 0.717) is 0 Å². The SMILES string of the molecule is CCC(NC(=O)NCC(O)C(C)CC)c1nc(C)cs1. The molecule has 0 spiro atoms. The normalized spacial score (nSPS) is 15.4. The number of carbonyl (C=O) groups is 1. The molecule has 1 aromatic heterocycles. The number of aliphatic hydroxyl groups is 1. The van der Waals surface area contributed by atoms with E-state index < -0.39 is 6.10 Å². The van der Waals surface area contributed by atoms with Crippen LogP contribution in [0.5, 0.6) is 0 Å². The van der Waals surface area contributed by atoms with Gasteiger partial charge in [0.25, 0.3) is 0 Å². The van der Waals surface area contributed by atoms with Gasteiger partial charge >= 0.3 is 6.03 Å². The molecule has 0 aliphatic rings. The average Bonchev–Trinajstić information content (AvgIpc) is 2.87. The number of aryl methyl sites for hydroxylation is 1. The van der Waals surface area contributed by atoms with Crippen LogP contribution in [-0.2, 0) is 0 Å². The van der Waals surface area contributed by atoms with Gasteiger partial charge < -0.3 is 15.7 Å². The summed E-state index contributed by atoms with van der Waals surface area (Å²) in [5.74, 6) is 0.180. The highest BCUT2D eigenvalue weighted by atomic mass is 32.1. The second kappa shape index (κ2) is 8.21. The Morgan fingerprint density at radius 3 is 2.65 bits per heavy atom. The van der Waals surface area contributed by atoms with Crippen LogP contribution in [0.4, 0.5) is 4.79 Å². The second-order valence-electron chi connectivity index (χ2n) is 5.10. The zero-order chi connectivity index (χ0) is 15.1. The fraction of sp³-hybridized carbons (Fsp3) is 0.714. The molecule has 0 radical (unpaired) electrons. The van der Waals surface area contributed by atoms with E-state index in [9.17, 15) is 9.90 Å². The van der Waals surface area contributed by atoms with Gasteiger partial charge in [-0.2, -0.15) is 0 Å². The third-order valence-electron chi connectivity index (χ3n) is 3.42. The highest BCUT2D eigenvalue weighted by Crippen LogP contribution is 2.20. The first-order valence-corrected chi connectivity index (χ1v) is 8.00. The van der Waals surface area contributed by atoms with Gasteiger partial charge in [-0.15, -0.1) is 11.3 Å². The summed E-state index contributed by atoms with van der Waals surface area (Å²) < 4.78 is 0. The van der Waals surface area contributed by atoms with Crippen LogP contribution in [-0.4, -0.2) is 28.8 Å². The average molecular weight is 299 g/mol. The third-order valence-corrected chi connectivity index (χ3v) is 4.50. The lowest BCUT2D eigenvalue weighted by Crippen LogP contribution is -2.42. The molecule has 0 saturated carbocycles. The summed E-state index contributed by atoms with van der Waals surface area (Å²) in [5.41, 5.74) is 0.970.